The van der Waals surface area contributed by atoms with E-state index in [9.17, 15) is 4.79 Å². The fourth-order valence-electron chi connectivity index (χ4n) is 1.03. The van der Waals surface area contributed by atoms with Crippen LogP contribution in [0.3, 0.4) is 0 Å². The number of carbonyl (C=O) groups is 1. The van der Waals surface area contributed by atoms with Crippen LogP contribution in [-0.4, -0.2) is 23.5 Å². The van der Waals surface area contributed by atoms with E-state index in [0.717, 1.165) is 6.42 Å². The number of anilines is 2. The van der Waals surface area contributed by atoms with E-state index in [1.165, 1.54) is 18.6 Å². The van der Waals surface area contributed by atoms with Crippen LogP contribution in [0.25, 0.3) is 0 Å². The van der Waals surface area contributed by atoms with Crippen LogP contribution in [0.15, 0.2) is 0 Å². The van der Waals surface area contributed by atoms with E-state index in [1.807, 2.05) is 6.92 Å². The highest BCUT2D eigenvalue weighted by molar-refractivity contribution is 7.11. The molecule has 0 aliphatic rings. The molecule has 0 bridgehead atoms. The van der Waals surface area contributed by atoms with E-state index in [4.69, 9.17) is 5.73 Å². The Kier molecular flexibility index (Phi) is 3.90. The molecule has 0 aromatic carbocycles. The summed E-state index contributed by atoms with van der Waals surface area (Å²) in [7, 11) is 1.33. The minimum atomic E-state index is -0.452. The quantitative estimate of drug-likeness (QED) is 0.769. The molecule has 0 saturated carbocycles. The SMILES string of the molecule is CCC(C)Nc1snc(N)c1C(=O)OC. The molecule has 6 heteroatoms. The van der Waals surface area contributed by atoms with Gasteiger partial charge in [0.15, 0.2) is 5.82 Å². The molecule has 1 rings (SSSR count). The van der Waals surface area contributed by atoms with Gasteiger partial charge in [-0.3, -0.25) is 0 Å². The zero-order chi connectivity index (χ0) is 11.4. The summed E-state index contributed by atoms with van der Waals surface area (Å²) in [5.74, 6) is -0.232. The topological polar surface area (TPSA) is 77.2 Å². The minimum Gasteiger partial charge on any atom is -0.465 e. The number of nitrogens with zero attached hydrogens (tertiary/aromatic N) is 1. The zero-order valence-electron chi connectivity index (χ0n) is 9.03. The minimum absolute atomic E-state index is 0.220. The van der Waals surface area contributed by atoms with Crippen molar-refractivity contribution in [3.05, 3.63) is 5.56 Å². The zero-order valence-corrected chi connectivity index (χ0v) is 9.85. The summed E-state index contributed by atoms with van der Waals surface area (Å²) in [4.78, 5) is 11.4. The Bertz CT molecular complexity index is 351. The Balaban J connectivity index is 2.93. The maximum atomic E-state index is 11.4. The summed E-state index contributed by atoms with van der Waals surface area (Å²) in [6.07, 6.45) is 0.957. The second-order valence-corrected chi connectivity index (χ2v) is 3.99. The van der Waals surface area contributed by atoms with Gasteiger partial charge in [0.1, 0.15) is 10.6 Å². The molecule has 3 N–H and O–H groups in total. The predicted molar refractivity (Wildman–Crippen MR) is 61.2 cm³/mol. The molecule has 1 atom stereocenters. The van der Waals surface area contributed by atoms with Gasteiger partial charge in [-0.15, -0.1) is 0 Å². The summed E-state index contributed by atoms with van der Waals surface area (Å²) in [6, 6.07) is 0.272. The molecular weight excluding hydrogens is 214 g/mol. The molecule has 1 aromatic rings. The van der Waals surface area contributed by atoms with Gasteiger partial charge in [0.2, 0.25) is 0 Å². The highest BCUT2D eigenvalue weighted by Crippen LogP contribution is 2.28. The van der Waals surface area contributed by atoms with Crippen LogP contribution in [0.2, 0.25) is 0 Å². The maximum Gasteiger partial charge on any atom is 0.344 e. The molecule has 0 saturated heterocycles. The van der Waals surface area contributed by atoms with Crippen LogP contribution >= 0.6 is 11.5 Å². The van der Waals surface area contributed by atoms with Gasteiger partial charge < -0.3 is 15.8 Å². The van der Waals surface area contributed by atoms with Crippen LogP contribution in [0.4, 0.5) is 10.8 Å². The van der Waals surface area contributed by atoms with Crippen LogP contribution in [0.1, 0.15) is 30.6 Å². The first-order valence-corrected chi connectivity index (χ1v) is 5.47. The van der Waals surface area contributed by atoms with E-state index in [-0.39, 0.29) is 11.9 Å². The largest absolute Gasteiger partial charge is 0.465 e. The highest BCUT2D eigenvalue weighted by Gasteiger charge is 2.20. The number of carbonyl (C=O) groups excluding carboxylic acids is 1. The molecule has 0 aliphatic carbocycles. The van der Waals surface area contributed by atoms with E-state index < -0.39 is 5.97 Å². The van der Waals surface area contributed by atoms with Gasteiger partial charge in [-0.25, -0.2) is 4.79 Å². The van der Waals surface area contributed by atoms with Gasteiger partial charge in [-0.1, -0.05) is 6.92 Å². The number of ether oxygens (including phenoxy) is 1. The smallest absolute Gasteiger partial charge is 0.344 e. The van der Waals surface area contributed by atoms with E-state index in [0.29, 0.717) is 10.6 Å². The van der Waals surface area contributed by atoms with Crippen molar-refractivity contribution in [1.82, 2.24) is 4.37 Å². The summed E-state index contributed by atoms with van der Waals surface area (Å²) in [5, 5.41) is 3.85. The first-order valence-electron chi connectivity index (χ1n) is 4.70. The lowest BCUT2D eigenvalue weighted by Crippen LogP contribution is -2.15. The number of rotatable bonds is 4. The summed E-state index contributed by atoms with van der Waals surface area (Å²) < 4.78 is 8.57. The van der Waals surface area contributed by atoms with Crippen LogP contribution in [0, 0.1) is 0 Å². The first-order chi connectivity index (χ1) is 7.10. The van der Waals surface area contributed by atoms with E-state index in [2.05, 4.69) is 21.4 Å². The Morgan fingerprint density at radius 3 is 2.93 bits per heavy atom. The van der Waals surface area contributed by atoms with Gasteiger partial charge in [-0.2, -0.15) is 4.37 Å². The molecule has 5 nitrogen and oxygen atoms in total. The van der Waals surface area contributed by atoms with Crippen molar-refractivity contribution < 1.29 is 9.53 Å². The number of aromatic nitrogens is 1. The van der Waals surface area contributed by atoms with Gasteiger partial charge >= 0.3 is 5.97 Å². The average molecular weight is 229 g/mol. The molecule has 15 heavy (non-hydrogen) atoms. The van der Waals surface area contributed by atoms with Crippen LogP contribution in [-0.2, 0) is 4.74 Å². The Morgan fingerprint density at radius 2 is 2.40 bits per heavy atom. The second-order valence-electron chi connectivity index (χ2n) is 3.22. The molecule has 0 radical (unpaired) electrons. The Hall–Kier alpha value is -1.30. The summed E-state index contributed by atoms with van der Waals surface area (Å²) in [5.41, 5.74) is 5.93. The van der Waals surface area contributed by atoms with Crippen molar-refractivity contribution in [1.29, 1.82) is 0 Å². The predicted octanol–water partition coefficient (Wildman–Crippen LogP) is 1.72. The normalized spacial score (nSPS) is 12.2. The van der Waals surface area contributed by atoms with Crippen molar-refractivity contribution in [2.45, 2.75) is 26.3 Å². The molecular formula is C9H15N3O2S. The van der Waals surface area contributed by atoms with Crippen molar-refractivity contribution >= 4 is 28.3 Å². The number of hydrogen-bond donors (Lipinski definition) is 2. The number of nitrogens with one attached hydrogen (secondary N) is 1. The van der Waals surface area contributed by atoms with Crippen molar-refractivity contribution in [3.63, 3.8) is 0 Å². The fourth-order valence-corrected chi connectivity index (χ4v) is 1.84. The van der Waals surface area contributed by atoms with E-state index in [1.54, 1.807) is 0 Å². The van der Waals surface area contributed by atoms with Gasteiger partial charge in [0, 0.05) is 6.04 Å². The molecule has 0 fully saturated rings. The molecule has 1 unspecified atom stereocenters. The highest BCUT2D eigenvalue weighted by atomic mass is 32.1. The molecule has 1 heterocycles. The van der Waals surface area contributed by atoms with Gasteiger partial charge in [0.05, 0.1) is 7.11 Å². The molecule has 84 valence electrons. The lowest BCUT2D eigenvalue weighted by atomic mass is 10.2. The standard InChI is InChI=1S/C9H15N3O2S/c1-4-5(2)11-8-6(9(13)14-3)7(10)12-15-8/h5,11H,4H2,1-3H3,(H2,10,12). The number of methoxy groups -OCH3 is 1. The lowest BCUT2D eigenvalue weighted by molar-refractivity contribution is 0.0603. The maximum absolute atomic E-state index is 11.4. The summed E-state index contributed by atoms with van der Waals surface area (Å²) in [6.45, 7) is 4.08. The first kappa shape index (κ1) is 11.8. The molecule has 0 amide bonds. The van der Waals surface area contributed by atoms with Crippen LogP contribution in [0.5, 0.6) is 0 Å². The third-order valence-corrected chi connectivity index (χ3v) is 2.89. The Morgan fingerprint density at radius 1 is 1.73 bits per heavy atom. The molecule has 0 spiro atoms. The lowest BCUT2D eigenvalue weighted by Gasteiger charge is -2.11. The second kappa shape index (κ2) is 4.97. The number of nitrogens with two attached hydrogens (primary N) is 1. The number of esters is 1. The average Bonchev–Trinajstić information content (AvgIpc) is 2.58. The van der Waals surface area contributed by atoms with Gasteiger partial charge in [0.25, 0.3) is 0 Å². The summed E-state index contributed by atoms with van der Waals surface area (Å²) >= 11 is 1.18. The molecule has 1 aromatic heterocycles. The van der Waals surface area contributed by atoms with Crippen molar-refractivity contribution in [2.24, 2.45) is 0 Å². The molecule has 0 aliphatic heterocycles. The fraction of sp³-hybridized carbons (Fsp3) is 0.556. The van der Waals surface area contributed by atoms with Crippen LogP contribution < -0.4 is 11.1 Å². The third-order valence-electron chi connectivity index (χ3n) is 2.10. The number of hydrogen-bond acceptors (Lipinski definition) is 6. The Labute approximate surface area is 92.8 Å². The van der Waals surface area contributed by atoms with Crippen molar-refractivity contribution in [2.75, 3.05) is 18.2 Å². The van der Waals surface area contributed by atoms with Gasteiger partial charge in [-0.05, 0) is 24.9 Å². The monoisotopic (exact) mass is 229 g/mol. The number of nitrogen functional groups attached to an aromatic ring is 1. The van der Waals surface area contributed by atoms with Crippen molar-refractivity contribution in [3.8, 4) is 0 Å². The van der Waals surface area contributed by atoms with E-state index >= 15 is 0 Å². The third kappa shape index (κ3) is 2.59.